The molecule has 1 aliphatic rings. The van der Waals surface area contributed by atoms with Crippen molar-refractivity contribution in [3.8, 4) is 0 Å². The zero-order valence-corrected chi connectivity index (χ0v) is 16.9. The molecule has 0 bridgehead atoms. The Labute approximate surface area is 175 Å². The Morgan fingerprint density at radius 1 is 1.03 bits per heavy atom. The monoisotopic (exact) mass is 401 g/mol. The van der Waals surface area contributed by atoms with Gasteiger partial charge in [-0.05, 0) is 49.1 Å². The Kier molecular flexibility index (Phi) is 5.18. The molecule has 4 rings (SSSR count). The van der Waals surface area contributed by atoms with Gasteiger partial charge in [-0.1, -0.05) is 24.3 Å². The second-order valence-corrected chi connectivity index (χ2v) is 7.42. The van der Waals surface area contributed by atoms with E-state index in [1.165, 1.54) is 6.20 Å². The first-order chi connectivity index (χ1) is 14.5. The molecule has 7 heteroatoms. The Morgan fingerprint density at radius 2 is 1.83 bits per heavy atom. The van der Waals surface area contributed by atoms with Crippen molar-refractivity contribution in [1.82, 2.24) is 15.3 Å². The number of carbonyl (C=O) groups excluding carboxylic acids is 2. The topological polar surface area (TPSA) is 96.0 Å². The SMILES string of the molecule is CNC(=O)c1cnc(Nc2ccccc2C)c(NC(=O)C2(c3cccnc3)CC2)c1. The maximum atomic E-state index is 13.2. The van der Waals surface area contributed by atoms with Gasteiger partial charge in [-0.3, -0.25) is 14.6 Å². The van der Waals surface area contributed by atoms with Crippen LogP contribution in [0.4, 0.5) is 17.2 Å². The molecule has 2 heterocycles. The number of para-hydroxylation sites is 1. The van der Waals surface area contributed by atoms with Gasteiger partial charge in [0.15, 0.2) is 5.82 Å². The lowest BCUT2D eigenvalue weighted by atomic mass is 9.96. The molecule has 2 aromatic heterocycles. The minimum Gasteiger partial charge on any atom is -0.355 e. The Bertz CT molecular complexity index is 1090. The molecular formula is C23H23N5O2. The highest BCUT2D eigenvalue weighted by atomic mass is 16.2. The van der Waals surface area contributed by atoms with Crippen LogP contribution >= 0.6 is 0 Å². The first-order valence-electron chi connectivity index (χ1n) is 9.80. The number of nitrogens with zero attached hydrogens (tertiary/aromatic N) is 2. The summed E-state index contributed by atoms with van der Waals surface area (Å²) < 4.78 is 0. The molecule has 30 heavy (non-hydrogen) atoms. The molecule has 3 aromatic rings. The maximum absolute atomic E-state index is 13.2. The molecule has 1 saturated carbocycles. The van der Waals surface area contributed by atoms with Crippen molar-refractivity contribution in [3.05, 3.63) is 77.7 Å². The van der Waals surface area contributed by atoms with E-state index in [0.717, 1.165) is 29.7 Å². The fraction of sp³-hybridized carbons (Fsp3) is 0.217. The number of benzene rings is 1. The van der Waals surface area contributed by atoms with E-state index in [-0.39, 0.29) is 11.8 Å². The summed E-state index contributed by atoms with van der Waals surface area (Å²) in [6.45, 7) is 1.99. The lowest BCUT2D eigenvalue weighted by molar-refractivity contribution is -0.118. The van der Waals surface area contributed by atoms with E-state index < -0.39 is 5.41 Å². The minimum absolute atomic E-state index is 0.126. The van der Waals surface area contributed by atoms with Gasteiger partial charge in [0.25, 0.3) is 5.91 Å². The van der Waals surface area contributed by atoms with Gasteiger partial charge in [0.1, 0.15) is 0 Å². The van der Waals surface area contributed by atoms with Gasteiger partial charge in [-0.2, -0.15) is 0 Å². The molecule has 7 nitrogen and oxygen atoms in total. The minimum atomic E-state index is -0.586. The van der Waals surface area contributed by atoms with E-state index in [1.54, 1.807) is 25.5 Å². The average Bonchev–Trinajstić information content (AvgIpc) is 3.59. The van der Waals surface area contributed by atoms with Crippen molar-refractivity contribution in [2.75, 3.05) is 17.7 Å². The zero-order valence-electron chi connectivity index (χ0n) is 16.9. The molecule has 0 unspecified atom stereocenters. The third-order valence-corrected chi connectivity index (χ3v) is 5.42. The Balaban J connectivity index is 1.67. The molecule has 0 saturated heterocycles. The number of hydrogen-bond acceptors (Lipinski definition) is 5. The molecule has 3 N–H and O–H groups in total. The van der Waals surface area contributed by atoms with E-state index in [1.807, 2.05) is 43.3 Å². The van der Waals surface area contributed by atoms with Crippen LogP contribution in [0.25, 0.3) is 0 Å². The molecule has 0 spiro atoms. The van der Waals surface area contributed by atoms with E-state index in [2.05, 4.69) is 25.9 Å². The third-order valence-electron chi connectivity index (χ3n) is 5.42. The van der Waals surface area contributed by atoms with E-state index >= 15 is 0 Å². The van der Waals surface area contributed by atoms with Crippen LogP contribution in [-0.2, 0) is 10.2 Å². The van der Waals surface area contributed by atoms with Crippen molar-refractivity contribution < 1.29 is 9.59 Å². The molecule has 152 valence electrons. The second kappa shape index (κ2) is 7.94. The van der Waals surface area contributed by atoms with Gasteiger partial charge in [0, 0.05) is 31.3 Å². The summed E-state index contributed by atoms with van der Waals surface area (Å²) in [5.41, 5.74) is 3.06. The van der Waals surface area contributed by atoms with Crippen LogP contribution in [0.5, 0.6) is 0 Å². The molecule has 0 atom stereocenters. The number of aromatic nitrogens is 2. The molecule has 1 aliphatic carbocycles. The molecular weight excluding hydrogens is 378 g/mol. The van der Waals surface area contributed by atoms with Crippen molar-refractivity contribution in [1.29, 1.82) is 0 Å². The molecule has 1 fully saturated rings. The number of amides is 2. The summed E-state index contributed by atoms with van der Waals surface area (Å²) in [6, 6.07) is 13.2. The van der Waals surface area contributed by atoms with E-state index in [9.17, 15) is 9.59 Å². The number of rotatable bonds is 6. The first-order valence-corrected chi connectivity index (χ1v) is 9.80. The second-order valence-electron chi connectivity index (χ2n) is 7.42. The summed E-state index contributed by atoms with van der Waals surface area (Å²) >= 11 is 0. The van der Waals surface area contributed by atoms with Crippen molar-refractivity contribution in [2.24, 2.45) is 0 Å². The van der Waals surface area contributed by atoms with Crippen LogP contribution in [0.3, 0.4) is 0 Å². The van der Waals surface area contributed by atoms with Gasteiger partial charge < -0.3 is 16.0 Å². The largest absolute Gasteiger partial charge is 0.355 e. The summed E-state index contributed by atoms with van der Waals surface area (Å²) in [5.74, 6) is 0.0836. The zero-order chi connectivity index (χ0) is 21.1. The lowest BCUT2D eigenvalue weighted by Gasteiger charge is -2.18. The average molecular weight is 401 g/mol. The van der Waals surface area contributed by atoms with E-state index in [4.69, 9.17) is 0 Å². The van der Waals surface area contributed by atoms with Crippen LogP contribution in [0.15, 0.2) is 61.1 Å². The Hall–Kier alpha value is -3.74. The standard InChI is InChI=1S/C23H23N5O2/c1-15-6-3-4-8-18(15)27-20-19(12-16(13-26-20)21(29)24-2)28-22(30)23(9-10-23)17-7-5-11-25-14-17/h3-8,11-14H,9-10H2,1-2H3,(H,24,29)(H,26,27)(H,28,30). The van der Waals surface area contributed by atoms with Crippen LogP contribution < -0.4 is 16.0 Å². The highest BCUT2D eigenvalue weighted by Crippen LogP contribution is 2.49. The number of anilines is 3. The first kappa shape index (κ1) is 19.6. The van der Waals surface area contributed by atoms with Crippen molar-refractivity contribution >= 4 is 29.0 Å². The smallest absolute Gasteiger partial charge is 0.252 e. The predicted molar refractivity (Wildman–Crippen MR) is 116 cm³/mol. The highest BCUT2D eigenvalue weighted by Gasteiger charge is 2.51. The molecule has 0 aliphatic heterocycles. The van der Waals surface area contributed by atoms with Crippen LogP contribution in [0.2, 0.25) is 0 Å². The number of nitrogens with one attached hydrogen (secondary N) is 3. The Morgan fingerprint density at radius 3 is 2.50 bits per heavy atom. The fourth-order valence-corrected chi connectivity index (χ4v) is 3.43. The van der Waals surface area contributed by atoms with Gasteiger partial charge in [-0.25, -0.2) is 4.98 Å². The summed E-state index contributed by atoms with van der Waals surface area (Å²) in [6.07, 6.45) is 6.43. The van der Waals surface area contributed by atoms with Gasteiger partial charge >= 0.3 is 0 Å². The summed E-state index contributed by atoms with van der Waals surface area (Å²) in [5, 5.41) is 8.86. The number of carbonyl (C=O) groups is 2. The molecule has 0 radical (unpaired) electrons. The van der Waals surface area contributed by atoms with Crippen molar-refractivity contribution in [2.45, 2.75) is 25.2 Å². The third kappa shape index (κ3) is 3.74. The van der Waals surface area contributed by atoms with Gasteiger partial charge in [0.05, 0.1) is 16.7 Å². The maximum Gasteiger partial charge on any atom is 0.252 e. The number of hydrogen-bond donors (Lipinski definition) is 3. The molecule has 1 aromatic carbocycles. The van der Waals surface area contributed by atoms with Crippen LogP contribution in [0.1, 0.15) is 34.3 Å². The number of pyridine rings is 2. The predicted octanol–water partition coefficient (Wildman–Crippen LogP) is 3.56. The van der Waals surface area contributed by atoms with Gasteiger partial charge in [-0.15, -0.1) is 0 Å². The number of aryl methyl sites for hydroxylation is 1. The summed E-state index contributed by atoms with van der Waals surface area (Å²) in [7, 11) is 1.56. The van der Waals surface area contributed by atoms with Crippen LogP contribution in [0, 0.1) is 6.92 Å². The van der Waals surface area contributed by atoms with Gasteiger partial charge in [0.2, 0.25) is 5.91 Å². The van der Waals surface area contributed by atoms with E-state index in [0.29, 0.717) is 17.1 Å². The normalized spacial score (nSPS) is 13.9. The highest BCUT2D eigenvalue weighted by molar-refractivity contribution is 6.04. The molecule has 2 amide bonds. The quantitative estimate of drug-likeness (QED) is 0.587. The lowest BCUT2D eigenvalue weighted by Crippen LogP contribution is -2.28. The fourth-order valence-electron chi connectivity index (χ4n) is 3.43. The van der Waals surface area contributed by atoms with Crippen molar-refractivity contribution in [3.63, 3.8) is 0 Å². The summed E-state index contributed by atoms with van der Waals surface area (Å²) in [4.78, 5) is 33.9. The van der Waals surface area contributed by atoms with Crippen LogP contribution in [-0.4, -0.2) is 28.8 Å².